The van der Waals surface area contributed by atoms with Crippen molar-refractivity contribution in [1.82, 2.24) is 20.3 Å². The van der Waals surface area contributed by atoms with Crippen LogP contribution in [0, 0.1) is 5.92 Å². The van der Waals surface area contributed by atoms with Crippen molar-refractivity contribution in [1.29, 1.82) is 0 Å². The Bertz CT molecular complexity index is 680. The molecule has 1 fully saturated rings. The van der Waals surface area contributed by atoms with Gasteiger partial charge in [0.25, 0.3) is 5.91 Å². The molecule has 1 aromatic carbocycles. The number of nitrogens with zero attached hydrogens (tertiary/aromatic N) is 3. The zero-order chi connectivity index (χ0) is 15.5. The van der Waals surface area contributed by atoms with Gasteiger partial charge in [0, 0.05) is 5.56 Å². The highest BCUT2D eigenvalue weighted by Gasteiger charge is 2.30. The van der Waals surface area contributed by atoms with Gasteiger partial charge in [-0.05, 0) is 30.5 Å². The molecule has 0 bridgehead atoms. The summed E-state index contributed by atoms with van der Waals surface area (Å²) < 4.78 is 1.54. The second kappa shape index (κ2) is 5.97. The van der Waals surface area contributed by atoms with Crippen LogP contribution in [0.25, 0.3) is 5.69 Å². The molecule has 7 nitrogen and oxygen atoms in total. The largest absolute Gasteiger partial charge is 0.480 e. The van der Waals surface area contributed by atoms with E-state index in [1.807, 2.05) is 0 Å². The van der Waals surface area contributed by atoms with Crippen molar-refractivity contribution in [3.63, 3.8) is 0 Å². The zero-order valence-corrected chi connectivity index (χ0v) is 11.8. The van der Waals surface area contributed by atoms with Crippen LogP contribution in [0.1, 0.15) is 29.6 Å². The Balaban J connectivity index is 1.73. The first-order chi connectivity index (χ1) is 10.6. The Kier molecular flexibility index (Phi) is 3.86. The lowest BCUT2D eigenvalue weighted by atomic mass is 10.1. The van der Waals surface area contributed by atoms with E-state index in [1.54, 1.807) is 36.7 Å². The van der Waals surface area contributed by atoms with Gasteiger partial charge in [-0.2, -0.15) is 0 Å². The number of aromatic nitrogens is 3. The van der Waals surface area contributed by atoms with Gasteiger partial charge >= 0.3 is 5.97 Å². The summed E-state index contributed by atoms with van der Waals surface area (Å²) >= 11 is 0. The molecule has 0 spiro atoms. The maximum atomic E-state index is 12.3. The van der Waals surface area contributed by atoms with Gasteiger partial charge < -0.3 is 10.4 Å². The molecule has 3 rings (SSSR count). The van der Waals surface area contributed by atoms with Crippen LogP contribution in [0.4, 0.5) is 0 Å². The van der Waals surface area contributed by atoms with E-state index in [0.717, 1.165) is 12.8 Å². The summed E-state index contributed by atoms with van der Waals surface area (Å²) in [6.45, 7) is 0. The molecule has 2 N–H and O–H groups in total. The van der Waals surface area contributed by atoms with Crippen molar-refractivity contribution in [3.05, 3.63) is 42.2 Å². The minimum atomic E-state index is -0.993. The molecule has 2 aromatic rings. The summed E-state index contributed by atoms with van der Waals surface area (Å²) in [7, 11) is 0. The topological polar surface area (TPSA) is 97.1 Å². The average molecular weight is 300 g/mol. The summed E-state index contributed by atoms with van der Waals surface area (Å²) in [5.74, 6) is -0.967. The van der Waals surface area contributed by atoms with Crippen LogP contribution >= 0.6 is 0 Å². The number of aliphatic carboxylic acids is 1. The summed E-state index contributed by atoms with van der Waals surface area (Å²) in [6, 6.07) is 5.98. The quantitative estimate of drug-likeness (QED) is 0.837. The molecule has 0 radical (unpaired) electrons. The monoisotopic (exact) mass is 300 g/mol. The minimum Gasteiger partial charge on any atom is -0.480 e. The second-order valence-corrected chi connectivity index (χ2v) is 5.44. The minimum absolute atomic E-state index is 0.394. The number of carbonyl (C=O) groups excluding carboxylic acids is 1. The Labute approximate surface area is 126 Å². The number of rotatable bonds is 6. The Morgan fingerprint density at radius 2 is 2.23 bits per heavy atom. The fourth-order valence-electron chi connectivity index (χ4n) is 2.29. The molecule has 1 unspecified atom stereocenters. The fourth-order valence-corrected chi connectivity index (χ4v) is 2.29. The lowest BCUT2D eigenvalue weighted by Gasteiger charge is -2.14. The lowest BCUT2D eigenvalue weighted by molar-refractivity contribution is -0.139. The van der Waals surface area contributed by atoms with Gasteiger partial charge in [-0.1, -0.05) is 24.1 Å². The van der Waals surface area contributed by atoms with Crippen LogP contribution in [0.3, 0.4) is 0 Å². The van der Waals surface area contributed by atoms with E-state index >= 15 is 0 Å². The van der Waals surface area contributed by atoms with Crippen LogP contribution in [-0.2, 0) is 4.79 Å². The Morgan fingerprint density at radius 1 is 1.41 bits per heavy atom. The number of benzene rings is 1. The number of carboxylic acids is 1. The van der Waals surface area contributed by atoms with E-state index in [2.05, 4.69) is 15.6 Å². The van der Waals surface area contributed by atoms with Crippen LogP contribution in [0.15, 0.2) is 36.7 Å². The molecule has 22 heavy (non-hydrogen) atoms. The third kappa shape index (κ3) is 3.30. The third-order valence-electron chi connectivity index (χ3n) is 3.66. The van der Waals surface area contributed by atoms with Crippen LogP contribution in [-0.4, -0.2) is 38.0 Å². The molecular formula is C15H16N4O3. The van der Waals surface area contributed by atoms with Gasteiger partial charge in [-0.15, -0.1) is 5.10 Å². The number of carboxylic acid groups (broad SMARTS) is 1. The second-order valence-electron chi connectivity index (χ2n) is 5.44. The predicted molar refractivity (Wildman–Crippen MR) is 77.6 cm³/mol. The number of amides is 1. The zero-order valence-electron chi connectivity index (χ0n) is 11.8. The van der Waals surface area contributed by atoms with Crippen molar-refractivity contribution >= 4 is 11.9 Å². The van der Waals surface area contributed by atoms with E-state index in [9.17, 15) is 14.7 Å². The molecule has 7 heteroatoms. The summed E-state index contributed by atoms with van der Waals surface area (Å²) in [5, 5.41) is 19.4. The van der Waals surface area contributed by atoms with Gasteiger partial charge in [0.2, 0.25) is 0 Å². The number of carbonyl (C=O) groups is 2. The maximum Gasteiger partial charge on any atom is 0.326 e. The lowest BCUT2D eigenvalue weighted by Crippen LogP contribution is -2.41. The van der Waals surface area contributed by atoms with Crippen LogP contribution < -0.4 is 5.32 Å². The summed E-state index contributed by atoms with van der Waals surface area (Å²) in [6.07, 6.45) is 5.79. The Morgan fingerprint density at radius 3 is 2.86 bits per heavy atom. The van der Waals surface area contributed by atoms with Gasteiger partial charge in [-0.25, -0.2) is 9.48 Å². The number of nitrogens with one attached hydrogen (secondary N) is 1. The molecule has 0 saturated heterocycles. The molecule has 0 aliphatic heterocycles. The van der Waals surface area contributed by atoms with Crippen LogP contribution in [0.2, 0.25) is 0 Å². The van der Waals surface area contributed by atoms with Crippen molar-refractivity contribution in [2.24, 2.45) is 5.92 Å². The smallest absolute Gasteiger partial charge is 0.326 e. The van der Waals surface area contributed by atoms with Crippen molar-refractivity contribution in [2.45, 2.75) is 25.3 Å². The molecule has 114 valence electrons. The first-order valence-corrected chi connectivity index (χ1v) is 7.14. The normalized spacial score (nSPS) is 15.3. The molecule has 1 aliphatic carbocycles. The SMILES string of the molecule is O=C(NC(CC1CC1)C(=O)O)c1cccc(-n2ccnn2)c1. The average Bonchev–Trinajstić information content (AvgIpc) is 3.16. The van der Waals surface area contributed by atoms with E-state index in [1.165, 1.54) is 4.68 Å². The third-order valence-corrected chi connectivity index (χ3v) is 3.66. The van der Waals surface area contributed by atoms with Gasteiger partial charge in [-0.3, -0.25) is 4.79 Å². The van der Waals surface area contributed by atoms with E-state index in [4.69, 9.17) is 0 Å². The van der Waals surface area contributed by atoms with Crippen LogP contribution in [0.5, 0.6) is 0 Å². The first-order valence-electron chi connectivity index (χ1n) is 7.14. The fraction of sp³-hybridized carbons (Fsp3) is 0.333. The van der Waals surface area contributed by atoms with E-state index in [0.29, 0.717) is 23.6 Å². The molecule has 1 aliphatic rings. The summed E-state index contributed by atoms with van der Waals surface area (Å²) in [5.41, 5.74) is 1.09. The van der Waals surface area contributed by atoms with E-state index < -0.39 is 17.9 Å². The first kappa shape index (κ1) is 14.2. The highest BCUT2D eigenvalue weighted by Crippen LogP contribution is 2.33. The molecular weight excluding hydrogens is 284 g/mol. The van der Waals surface area contributed by atoms with Crippen molar-refractivity contribution in [3.8, 4) is 5.69 Å². The van der Waals surface area contributed by atoms with Gasteiger partial charge in [0.15, 0.2) is 0 Å². The molecule has 1 aromatic heterocycles. The highest BCUT2D eigenvalue weighted by atomic mass is 16.4. The molecule has 1 saturated carbocycles. The number of hydrogen-bond donors (Lipinski definition) is 2. The molecule has 1 heterocycles. The van der Waals surface area contributed by atoms with Gasteiger partial charge in [0.1, 0.15) is 6.04 Å². The highest BCUT2D eigenvalue weighted by molar-refractivity contribution is 5.97. The maximum absolute atomic E-state index is 12.3. The van der Waals surface area contributed by atoms with E-state index in [-0.39, 0.29) is 0 Å². The molecule has 1 amide bonds. The van der Waals surface area contributed by atoms with Crippen molar-refractivity contribution in [2.75, 3.05) is 0 Å². The number of hydrogen-bond acceptors (Lipinski definition) is 4. The Hall–Kier alpha value is -2.70. The summed E-state index contributed by atoms with van der Waals surface area (Å²) in [4.78, 5) is 23.5. The van der Waals surface area contributed by atoms with Crippen molar-refractivity contribution < 1.29 is 14.7 Å². The predicted octanol–water partition coefficient (Wildman–Crippen LogP) is 1.25. The van der Waals surface area contributed by atoms with Gasteiger partial charge in [0.05, 0.1) is 18.1 Å². The molecule has 1 atom stereocenters. The standard InChI is InChI=1S/C15H16N4O3/c20-14(17-13(15(21)22)8-10-4-5-10)11-2-1-3-12(9-11)19-7-6-16-18-19/h1-3,6-7,9-10,13H,4-5,8H2,(H,17,20)(H,21,22).